The van der Waals surface area contributed by atoms with Gasteiger partial charge in [0.25, 0.3) is 0 Å². The van der Waals surface area contributed by atoms with Crippen molar-refractivity contribution in [2.24, 2.45) is 5.92 Å². The van der Waals surface area contributed by atoms with Gasteiger partial charge in [0.05, 0.1) is 19.2 Å². The minimum Gasteiger partial charge on any atom is -0.383 e. The SMILES string of the molecule is COCCn1nnnc1[C@@H](C(C)C)N1CCN(c2cccc(Cl)c2)CC1. The molecular weight excluding hydrogens is 352 g/mol. The number of hydrogen-bond donors (Lipinski definition) is 0. The monoisotopic (exact) mass is 378 g/mol. The number of methoxy groups -OCH3 is 1. The lowest BCUT2D eigenvalue weighted by atomic mass is 10.0. The summed E-state index contributed by atoms with van der Waals surface area (Å²) in [6.07, 6.45) is 0. The zero-order chi connectivity index (χ0) is 18.5. The molecule has 1 aliphatic heterocycles. The predicted molar refractivity (Wildman–Crippen MR) is 103 cm³/mol. The molecule has 7 nitrogen and oxygen atoms in total. The lowest BCUT2D eigenvalue weighted by Crippen LogP contribution is -2.49. The Morgan fingerprint density at radius 2 is 1.96 bits per heavy atom. The van der Waals surface area contributed by atoms with E-state index in [9.17, 15) is 0 Å². The molecule has 1 aromatic heterocycles. The molecule has 0 radical (unpaired) electrons. The Morgan fingerprint density at radius 3 is 2.62 bits per heavy atom. The Kier molecular flexibility index (Phi) is 6.45. The smallest absolute Gasteiger partial charge is 0.168 e. The van der Waals surface area contributed by atoms with Crippen LogP contribution in [-0.4, -0.2) is 65.0 Å². The van der Waals surface area contributed by atoms with Crippen molar-refractivity contribution in [1.82, 2.24) is 25.1 Å². The van der Waals surface area contributed by atoms with Gasteiger partial charge in [-0.15, -0.1) is 5.10 Å². The summed E-state index contributed by atoms with van der Waals surface area (Å²) in [7, 11) is 1.69. The van der Waals surface area contributed by atoms with E-state index < -0.39 is 0 Å². The molecule has 0 N–H and O–H groups in total. The molecule has 26 heavy (non-hydrogen) atoms. The second-order valence-electron chi connectivity index (χ2n) is 6.94. The van der Waals surface area contributed by atoms with Gasteiger partial charge in [-0.1, -0.05) is 31.5 Å². The lowest BCUT2D eigenvalue weighted by molar-refractivity contribution is 0.129. The summed E-state index contributed by atoms with van der Waals surface area (Å²) in [5.41, 5.74) is 1.18. The van der Waals surface area contributed by atoms with E-state index in [0.717, 1.165) is 37.0 Å². The first-order valence-corrected chi connectivity index (χ1v) is 9.47. The number of piperazine rings is 1. The van der Waals surface area contributed by atoms with E-state index in [1.165, 1.54) is 5.69 Å². The zero-order valence-corrected chi connectivity index (χ0v) is 16.4. The van der Waals surface area contributed by atoms with Crippen LogP contribution >= 0.6 is 11.6 Å². The number of anilines is 1. The summed E-state index contributed by atoms with van der Waals surface area (Å²) in [6, 6.07) is 8.26. The average Bonchev–Trinajstić information content (AvgIpc) is 3.08. The second-order valence-corrected chi connectivity index (χ2v) is 7.38. The van der Waals surface area contributed by atoms with E-state index in [-0.39, 0.29) is 6.04 Å². The minimum absolute atomic E-state index is 0.198. The highest BCUT2D eigenvalue weighted by Crippen LogP contribution is 2.29. The van der Waals surface area contributed by atoms with Crippen molar-refractivity contribution in [3.05, 3.63) is 35.1 Å². The molecular formula is C18H27ClN6O. The fourth-order valence-corrected chi connectivity index (χ4v) is 3.76. The first-order valence-electron chi connectivity index (χ1n) is 9.09. The van der Waals surface area contributed by atoms with Gasteiger partial charge < -0.3 is 9.64 Å². The van der Waals surface area contributed by atoms with Crippen molar-refractivity contribution in [3.63, 3.8) is 0 Å². The van der Waals surface area contributed by atoms with Crippen molar-refractivity contribution in [2.45, 2.75) is 26.4 Å². The maximum absolute atomic E-state index is 6.14. The number of aromatic nitrogens is 4. The van der Waals surface area contributed by atoms with Crippen LogP contribution in [0.5, 0.6) is 0 Å². The van der Waals surface area contributed by atoms with Gasteiger partial charge in [-0.3, -0.25) is 4.90 Å². The summed E-state index contributed by atoms with van der Waals surface area (Å²) in [4.78, 5) is 4.87. The largest absolute Gasteiger partial charge is 0.383 e. The lowest BCUT2D eigenvalue weighted by Gasteiger charge is -2.41. The quantitative estimate of drug-likeness (QED) is 0.737. The van der Waals surface area contributed by atoms with Gasteiger partial charge in [0.15, 0.2) is 5.82 Å². The third-order valence-corrected chi connectivity index (χ3v) is 5.08. The van der Waals surface area contributed by atoms with Gasteiger partial charge in [0.2, 0.25) is 0 Å². The Hall–Kier alpha value is -1.70. The number of hydrogen-bond acceptors (Lipinski definition) is 6. The summed E-state index contributed by atoms with van der Waals surface area (Å²) >= 11 is 6.14. The Bertz CT molecular complexity index is 698. The van der Waals surface area contributed by atoms with Crippen LogP contribution in [-0.2, 0) is 11.3 Å². The van der Waals surface area contributed by atoms with E-state index >= 15 is 0 Å². The molecule has 142 valence electrons. The number of nitrogens with zero attached hydrogens (tertiary/aromatic N) is 6. The van der Waals surface area contributed by atoms with Gasteiger partial charge in [0, 0.05) is 44.0 Å². The van der Waals surface area contributed by atoms with Crippen molar-refractivity contribution in [3.8, 4) is 0 Å². The standard InChI is InChI=1S/C18H27ClN6O/c1-14(2)17(18-20-21-22-25(18)11-12-26-3)24-9-7-23(8-10-24)16-6-4-5-15(19)13-16/h4-6,13-14,17H,7-12H2,1-3H3/t17-/m1/s1. The van der Waals surface area contributed by atoms with Gasteiger partial charge in [-0.2, -0.15) is 0 Å². The normalized spacial score (nSPS) is 17.0. The van der Waals surface area contributed by atoms with Crippen molar-refractivity contribution >= 4 is 17.3 Å². The zero-order valence-electron chi connectivity index (χ0n) is 15.7. The third-order valence-electron chi connectivity index (χ3n) is 4.84. The first-order chi connectivity index (χ1) is 12.6. The van der Waals surface area contributed by atoms with Gasteiger partial charge in [0.1, 0.15) is 0 Å². The molecule has 0 amide bonds. The molecule has 0 unspecified atom stereocenters. The highest BCUT2D eigenvalue weighted by Gasteiger charge is 2.31. The fourth-order valence-electron chi connectivity index (χ4n) is 3.57. The first kappa shape index (κ1) is 19.1. The van der Waals surface area contributed by atoms with E-state index in [1.54, 1.807) is 7.11 Å². The molecule has 3 rings (SSSR count). The Balaban J connectivity index is 1.70. The van der Waals surface area contributed by atoms with Crippen LogP contribution in [0.15, 0.2) is 24.3 Å². The van der Waals surface area contributed by atoms with Crippen LogP contribution < -0.4 is 4.90 Å². The average molecular weight is 379 g/mol. The molecule has 1 saturated heterocycles. The molecule has 2 heterocycles. The summed E-state index contributed by atoms with van der Waals surface area (Å²) in [6.45, 7) is 9.58. The van der Waals surface area contributed by atoms with Crippen LogP contribution in [0.3, 0.4) is 0 Å². The van der Waals surface area contributed by atoms with Crippen LogP contribution in [0.1, 0.15) is 25.7 Å². The van der Waals surface area contributed by atoms with Gasteiger partial charge >= 0.3 is 0 Å². The molecule has 1 fully saturated rings. The van der Waals surface area contributed by atoms with Crippen LogP contribution in [0.25, 0.3) is 0 Å². The summed E-state index contributed by atoms with van der Waals surface area (Å²) in [5, 5.41) is 13.2. The van der Waals surface area contributed by atoms with E-state index in [0.29, 0.717) is 19.1 Å². The molecule has 8 heteroatoms. The number of tetrazole rings is 1. The number of ether oxygens (including phenoxy) is 1. The van der Waals surface area contributed by atoms with Gasteiger partial charge in [-0.25, -0.2) is 4.68 Å². The van der Waals surface area contributed by atoms with E-state index in [2.05, 4.69) is 45.2 Å². The molecule has 0 aliphatic carbocycles. The predicted octanol–water partition coefficient (Wildman–Crippen LogP) is 2.49. The Labute approximate surface area is 159 Å². The number of benzene rings is 1. The Morgan fingerprint density at radius 1 is 1.19 bits per heavy atom. The van der Waals surface area contributed by atoms with Crippen LogP contribution in [0.2, 0.25) is 5.02 Å². The van der Waals surface area contributed by atoms with Crippen molar-refractivity contribution in [1.29, 1.82) is 0 Å². The molecule has 0 saturated carbocycles. The minimum atomic E-state index is 0.198. The number of halogens is 1. The molecule has 1 aromatic carbocycles. The molecule has 2 aromatic rings. The van der Waals surface area contributed by atoms with E-state index in [4.69, 9.17) is 16.3 Å². The topological polar surface area (TPSA) is 59.3 Å². The maximum Gasteiger partial charge on any atom is 0.168 e. The third kappa shape index (κ3) is 4.34. The van der Waals surface area contributed by atoms with Crippen LogP contribution in [0.4, 0.5) is 5.69 Å². The number of rotatable bonds is 7. The molecule has 1 atom stereocenters. The highest BCUT2D eigenvalue weighted by atomic mass is 35.5. The van der Waals surface area contributed by atoms with Crippen molar-refractivity contribution in [2.75, 3.05) is 44.8 Å². The van der Waals surface area contributed by atoms with Crippen LogP contribution in [0, 0.1) is 5.92 Å². The maximum atomic E-state index is 6.14. The van der Waals surface area contributed by atoms with Gasteiger partial charge in [-0.05, 0) is 34.5 Å². The second kappa shape index (κ2) is 8.79. The van der Waals surface area contributed by atoms with Crippen molar-refractivity contribution < 1.29 is 4.74 Å². The molecule has 0 spiro atoms. The summed E-state index contributed by atoms with van der Waals surface area (Å²) in [5.74, 6) is 1.34. The van der Waals surface area contributed by atoms with E-state index in [1.807, 2.05) is 22.9 Å². The summed E-state index contributed by atoms with van der Waals surface area (Å²) < 4.78 is 7.05. The molecule has 0 bridgehead atoms. The molecule has 1 aliphatic rings. The fraction of sp³-hybridized carbons (Fsp3) is 0.611. The highest BCUT2D eigenvalue weighted by molar-refractivity contribution is 6.30.